The molecule has 0 bridgehead atoms. The Morgan fingerprint density at radius 3 is 2.74 bits per heavy atom. The third kappa shape index (κ3) is 4.86. The molecule has 0 amide bonds. The van der Waals surface area contributed by atoms with Gasteiger partial charge >= 0.3 is 5.97 Å². The smallest absolute Gasteiger partial charge is 0.341 e. The molecule has 5 nitrogen and oxygen atoms in total. The predicted molar refractivity (Wildman–Crippen MR) is 116 cm³/mol. The molecule has 2 aromatic rings. The van der Waals surface area contributed by atoms with Crippen LogP contribution < -0.4 is 10.6 Å². The van der Waals surface area contributed by atoms with Crippen LogP contribution in [0, 0.1) is 0 Å². The van der Waals surface area contributed by atoms with E-state index in [4.69, 9.17) is 17.0 Å². The number of nitrogens with zero attached hydrogens (tertiary/aromatic N) is 1. The Balaban J connectivity index is 1.83. The number of carbonyl (C=O) groups is 1. The third-order valence-corrected chi connectivity index (χ3v) is 5.75. The van der Waals surface area contributed by atoms with Gasteiger partial charge in [0.1, 0.15) is 5.00 Å². The lowest BCUT2D eigenvalue weighted by Gasteiger charge is -2.26. The molecule has 144 valence electrons. The van der Waals surface area contributed by atoms with Crippen molar-refractivity contribution in [3.05, 3.63) is 46.3 Å². The van der Waals surface area contributed by atoms with Crippen LogP contribution in [0.1, 0.15) is 41.1 Å². The summed E-state index contributed by atoms with van der Waals surface area (Å²) in [6.07, 6.45) is 1.99. The lowest BCUT2D eigenvalue weighted by atomic mass is 10.0. The Hall–Kier alpha value is -1.96. The van der Waals surface area contributed by atoms with Crippen molar-refractivity contribution in [2.75, 3.05) is 30.3 Å². The zero-order valence-electron chi connectivity index (χ0n) is 15.7. The van der Waals surface area contributed by atoms with Gasteiger partial charge in [-0.25, -0.2) is 4.79 Å². The van der Waals surface area contributed by atoms with Gasteiger partial charge in [0.25, 0.3) is 0 Å². The average molecular weight is 404 g/mol. The minimum Gasteiger partial charge on any atom is -0.462 e. The number of hydrogen-bond donors (Lipinski definition) is 2. The highest BCUT2D eigenvalue weighted by molar-refractivity contribution is 7.80. The van der Waals surface area contributed by atoms with Gasteiger partial charge < -0.3 is 15.4 Å². The van der Waals surface area contributed by atoms with E-state index in [1.165, 1.54) is 4.88 Å². The first-order valence-electron chi connectivity index (χ1n) is 9.29. The summed E-state index contributed by atoms with van der Waals surface area (Å²) in [6, 6.07) is 9.74. The van der Waals surface area contributed by atoms with E-state index in [2.05, 4.69) is 22.5 Å². The SMILES string of the molecule is CCCN1CCc2c(sc(NC(=S)Nc3ccccc3)c2C(=O)OCC)C1. The molecule has 1 aromatic carbocycles. The summed E-state index contributed by atoms with van der Waals surface area (Å²) in [4.78, 5) is 16.3. The lowest BCUT2D eigenvalue weighted by Crippen LogP contribution is -2.31. The topological polar surface area (TPSA) is 53.6 Å². The van der Waals surface area contributed by atoms with Crippen LogP contribution in [-0.4, -0.2) is 35.7 Å². The van der Waals surface area contributed by atoms with Crippen molar-refractivity contribution in [1.29, 1.82) is 0 Å². The molecule has 1 aliphatic heterocycles. The fraction of sp³-hybridized carbons (Fsp3) is 0.400. The fourth-order valence-electron chi connectivity index (χ4n) is 3.26. The van der Waals surface area contributed by atoms with Gasteiger partial charge in [0.05, 0.1) is 12.2 Å². The van der Waals surface area contributed by atoms with E-state index in [0.29, 0.717) is 17.3 Å². The van der Waals surface area contributed by atoms with Gasteiger partial charge in [-0.15, -0.1) is 11.3 Å². The molecular weight excluding hydrogens is 378 g/mol. The highest BCUT2D eigenvalue weighted by Crippen LogP contribution is 2.37. The normalized spacial score (nSPS) is 13.7. The highest BCUT2D eigenvalue weighted by Gasteiger charge is 2.28. The molecule has 0 aliphatic carbocycles. The number of hydrogen-bond acceptors (Lipinski definition) is 5. The molecule has 2 N–H and O–H groups in total. The minimum absolute atomic E-state index is 0.274. The van der Waals surface area contributed by atoms with Gasteiger partial charge in [-0.2, -0.15) is 0 Å². The molecule has 7 heteroatoms. The first kappa shape index (κ1) is 19.8. The maximum absolute atomic E-state index is 12.6. The maximum atomic E-state index is 12.6. The van der Waals surface area contributed by atoms with Crippen molar-refractivity contribution in [2.24, 2.45) is 0 Å². The molecule has 0 radical (unpaired) electrons. The fourth-order valence-corrected chi connectivity index (χ4v) is 4.82. The minimum atomic E-state index is -0.274. The summed E-state index contributed by atoms with van der Waals surface area (Å²) in [6.45, 7) is 7.29. The van der Waals surface area contributed by atoms with Crippen LogP contribution in [0.2, 0.25) is 0 Å². The van der Waals surface area contributed by atoms with Crippen LogP contribution in [0.15, 0.2) is 30.3 Å². The first-order valence-corrected chi connectivity index (χ1v) is 10.5. The van der Waals surface area contributed by atoms with Crippen LogP contribution in [0.4, 0.5) is 10.7 Å². The molecule has 0 unspecified atom stereocenters. The van der Waals surface area contributed by atoms with E-state index in [1.54, 1.807) is 11.3 Å². The Morgan fingerprint density at radius 2 is 2.04 bits per heavy atom. The summed E-state index contributed by atoms with van der Waals surface area (Å²) in [5.74, 6) is -0.274. The number of ether oxygens (including phenoxy) is 1. The number of anilines is 2. The van der Waals surface area contributed by atoms with E-state index in [-0.39, 0.29) is 5.97 Å². The predicted octanol–water partition coefficient (Wildman–Crippen LogP) is 4.50. The number of esters is 1. The van der Waals surface area contributed by atoms with Gasteiger partial charge in [0.2, 0.25) is 0 Å². The van der Waals surface area contributed by atoms with E-state index in [9.17, 15) is 4.79 Å². The zero-order chi connectivity index (χ0) is 19.2. The molecule has 0 spiro atoms. The van der Waals surface area contributed by atoms with E-state index in [0.717, 1.165) is 48.7 Å². The number of rotatable bonds is 6. The summed E-state index contributed by atoms with van der Waals surface area (Å²) >= 11 is 7.06. The van der Waals surface area contributed by atoms with Crippen molar-refractivity contribution in [3.8, 4) is 0 Å². The number of fused-ring (bicyclic) bond motifs is 1. The van der Waals surface area contributed by atoms with Gasteiger partial charge in [0, 0.05) is 23.7 Å². The molecule has 1 aliphatic rings. The van der Waals surface area contributed by atoms with E-state index >= 15 is 0 Å². The Bertz CT molecular complexity index is 805. The van der Waals surface area contributed by atoms with Gasteiger partial charge in [-0.3, -0.25) is 4.90 Å². The van der Waals surface area contributed by atoms with Crippen LogP contribution in [0.5, 0.6) is 0 Å². The maximum Gasteiger partial charge on any atom is 0.341 e. The van der Waals surface area contributed by atoms with Crippen molar-refractivity contribution in [3.63, 3.8) is 0 Å². The first-order chi connectivity index (χ1) is 13.1. The van der Waals surface area contributed by atoms with E-state index < -0.39 is 0 Å². The number of thiocarbonyl (C=S) groups is 1. The second-order valence-corrected chi connectivity index (χ2v) is 7.91. The molecule has 0 saturated heterocycles. The number of carbonyl (C=O) groups excluding carboxylic acids is 1. The molecular formula is C20H25N3O2S2. The lowest BCUT2D eigenvalue weighted by molar-refractivity contribution is 0.0526. The number of benzene rings is 1. The number of thiophene rings is 1. The Morgan fingerprint density at radius 1 is 1.26 bits per heavy atom. The quantitative estimate of drug-likeness (QED) is 0.547. The van der Waals surface area contributed by atoms with Crippen LogP contribution in [-0.2, 0) is 17.7 Å². The number of para-hydroxylation sites is 1. The number of nitrogens with one attached hydrogen (secondary N) is 2. The van der Waals surface area contributed by atoms with Crippen LogP contribution >= 0.6 is 23.6 Å². The summed E-state index contributed by atoms with van der Waals surface area (Å²) in [5, 5.41) is 7.62. The average Bonchev–Trinajstić information content (AvgIpc) is 3.00. The molecule has 0 atom stereocenters. The van der Waals surface area contributed by atoms with E-state index in [1.807, 2.05) is 37.3 Å². The Labute approximate surface area is 169 Å². The summed E-state index contributed by atoms with van der Waals surface area (Å²) in [5.41, 5.74) is 2.66. The third-order valence-electron chi connectivity index (χ3n) is 4.41. The monoisotopic (exact) mass is 403 g/mol. The van der Waals surface area contributed by atoms with Crippen molar-refractivity contribution in [2.45, 2.75) is 33.2 Å². The molecule has 0 saturated carbocycles. The molecule has 0 fully saturated rings. The molecule has 1 aromatic heterocycles. The summed E-state index contributed by atoms with van der Waals surface area (Å²) < 4.78 is 5.32. The van der Waals surface area contributed by atoms with Crippen LogP contribution in [0.25, 0.3) is 0 Å². The molecule has 3 rings (SSSR count). The molecule has 27 heavy (non-hydrogen) atoms. The van der Waals surface area contributed by atoms with Crippen LogP contribution in [0.3, 0.4) is 0 Å². The summed E-state index contributed by atoms with van der Waals surface area (Å²) in [7, 11) is 0. The van der Waals surface area contributed by atoms with Crippen molar-refractivity contribution in [1.82, 2.24) is 4.90 Å². The zero-order valence-corrected chi connectivity index (χ0v) is 17.3. The second-order valence-electron chi connectivity index (χ2n) is 6.40. The van der Waals surface area contributed by atoms with Gasteiger partial charge in [-0.05, 0) is 56.2 Å². The van der Waals surface area contributed by atoms with Gasteiger partial charge in [0.15, 0.2) is 5.11 Å². The largest absolute Gasteiger partial charge is 0.462 e. The standard InChI is InChI=1S/C20H25N3O2S2/c1-3-11-23-12-10-15-16(13-23)27-18(17(15)19(24)25-4-2)22-20(26)21-14-8-6-5-7-9-14/h5-9H,3-4,10-13H2,1-2H3,(H2,21,22,26). The second kappa shape index (κ2) is 9.30. The van der Waals surface area contributed by atoms with Crippen molar-refractivity contribution < 1.29 is 9.53 Å². The molecule has 2 heterocycles. The highest BCUT2D eigenvalue weighted by atomic mass is 32.1. The Kier molecular flexibility index (Phi) is 6.82. The van der Waals surface area contributed by atoms with Gasteiger partial charge in [-0.1, -0.05) is 25.1 Å². The van der Waals surface area contributed by atoms with Crippen molar-refractivity contribution >= 4 is 45.3 Å².